The molecule has 1 fully saturated rings. The van der Waals surface area contributed by atoms with Gasteiger partial charge in [-0.2, -0.15) is 0 Å². The minimum atomic E-state index is -0.0235. The molecule has 1 atom stereocenters. The molecule has 21 heavy (non-hydrogen) atoms. The number of nitrogens with two attached hydrogens (primary N) is 1. The number of methoxy groups -OCH3 is 2. The second-order valence-electron chi connectivity index (χ2n) is 5.75. The zero-order valence-electron chi connectivity index (χ0n) is 13.2. The molecule has 0 bridgehead atoms. The fraction of sp³-hybridized carbons (Fsp3) is 0.562. The molecule has 1 amide bonds. The lowest BCUT2D eigenvalue weighted by Gasteiger charge is -2.28. The summed E-state index contributed by atoms with van der Waals surface area (Å²) >= 11 is 0. The summed E-state index contributed by atoms with van der Waals surface area (Å²) in [6, 6.07) is 3.60. The third kappa shape index (κ3) is 2.91. The minimum absolute atomic E-state index is 0.0235. The van der Waals surface area contributed by atoms with E-state index < -0.39 is 0 Å². The molecule has 5 heteroatoms. The van der Waals surface area contributed by atoms with Crippen molar-refractivity contribution >= 4 is 11.6 Å². The summed E-state index contributed by atoms with van der Waals surface area (Å²) in [5, 5.41) is 0. The highest BCUT2D eigenvalue weighted by molar-refractivity contribution is 6.00. The van der Waals surface area contributed by atoms with E-state index in [0.717, 1.165) is 19.4 Å². The van der Waals surface area contributed by atoms with Crippen LogP contribution in [0.2, 0.25) is 0 Å². The first-order valence-electron chi connectivity index (χ1n) is 7.32. The van der Waals surface area contributed by atoms with Gasteiger partial charge in [0.15, 0.2) is 11.5 Å². The molecule has 0 aliphatic carbocycles. The Kier molecular flexibility index (Phi) is 4.60. The van der Waals surface area contributed by atoms with Crippen LogP contribution in [0.3, 0.4) is 0 Å². The first kappa shape index (κ1) is 15.5. The number of nitrogen functional groups attached to an aromatic ring is 1. The van der Waals surface area contributed by atoms with Crippen LogP contribution < -0.4 is 15.2 Å². The van der Waals surface area contributed by atoms with Crippen LogP contribution in [0.5, 0.6) is 11.5 Å². The fourth-order valence-electron chi connectivity index (χ4n) is 2.97. The van der Waals surface area contributed by atoms with Crippen LogP contribution in [0.15, 0.2) is 12.1 Å². The molecule has 116 valence electrons. The Morgan fingerprint density at radius 2 is 1.90 bits per heavy atom. The summed E-state index contributed by atoms with van der Waals surface area (Å²) in [6.07, 6.45) is 2.10. The zero-order chi connectivity index (χ0) is 15.6. The fourth-order valence-corrected chi connectivity index (χ4v) is 2.97. The first-order chi connectivity index (χ1) is 9.99. The molecule has 1 heterocycles. The predicted molar refractivity (Wildman–Crippen MR) is 82.9 cm³/mol. The van der Waals surface area contributed by atoms with Gasteiger partial charge in [-0.15, -0.1) is 0 Å². The molecule has 5 nitrogen and oxygen atoms in total. The van der Waals surface area contributed by atoms with Crippen LogP contribution in [0.1, 0.15) is 37.0 Å². The highest BCUT2D eigenvalue weighted by Crippen LogP contribution is 2.34. The highest BCUT2D eigenvalue weighted by Gasteiger charge is 2.32. The van der Waals surface area contributed by atoms with Gasteiger partial charge >= 0.3 is 0 Å². The molecule has 1 unspecified atom stereocenters. The van der Waals surface area contributed by atoms with E-state index in [1.165, 1.54) is 0 Å². The van der Waals surface area contributed by atoms with Gasteiger partial charge in [0.1, 0.15) is 0 Å². The molecule has 1 aliphatic heterocycles. The quantitative estimate of drug-likeness (QED) is 0.866. The number of rotatable bonds is 4. The third-order valence-corrected chi connectivity index (χ3v) is 4.12. The Morgan fingerprint density at radius 3 is 2.48 bits per heavy atom. The van der Waals surface area contributed by atoms with E-state index in [9.17, 15) is 4.79 Å². The van der Waals surface area contributed by atoms with Crippen LogP contribution in [-0.4, -0.2) is 37.6 Å². The summed E-state index contributed by atoms with van der Waals surface area (Å²) in [5.41, 5.74) is 6.94. The van der Waals surface area contributed by atoms with E-state index >= 15 is 0 Å². The summed E-state index contributed by atoms with van der Waals surface area (Å²) in [4.78, 5) is 14.7. The lowest BCUT2D eigenvalue weighted by molar-refractivity contribution is 0.0702. The van der Waals surface area contributed by atoms with Gasteiger partial charge in [0.2, 0.25) is 0 Å². The van der Waals surface area contributed by atoms with E-state index in [0.29, 0.717) is 28.7 Å². The maximum Gasteiger partial charge on any atom is 0.256 e. The van der Waals surface area contributed by atoms with E-state index in [1.54, 1.807) is 26.4 Å². The Bertz CT molecular complexity index is 528. The van der Waals surface area contributed by atoms with Crippen LogP contribution in [0, 0.1) is 5.92 Å². The van der Waals surface area contributed by atoms with Crippen LogP contribution >= 0.6 is 0 Å². The molecule has 0 spiro atoms. The van der Waals surface area contributed by atoms with Crippen LogP contribution in [0.25, 0.3) is 0 Å². The summed E-state index contributed by atoms with van der Waals surface area (Å²) in [6.45, 7) is 5.08. The molecule has 1 saturated heterocycles. The summed E-state index contributed by atoms with van der Waals surface area (Å²) in [5.74, 6) is 1.48. The Balaban J connectivity index is 2.35. The number of anilines is 1. The molecule has 1 aliphatic rings. The first-order valence-corrected chi connectivity index (χ1v) is 7.32. The van der Waals surface area contributed by atoms with Gasteiger partial charge in [0, 0.05) is 24.3 Å². The van der Waals surface area contributed by atoms with E-state index in [-0.39, 0.29) is 11.9 Å². The lowest BCUT2D eigenvalue weighted by atomic mass is 10.0. The van der Waals surface area contributed by atoms with Gasteiger partial charge in [-0.05, 0) is 24.8 Å². The molecule has 0 radical (unpaired) electrons. The summed E-state index contributed by atoms with van der Waals surface area (Å²) in [7, 11) is 3.10. The van der Waals surface area contributed by atoms with E-state index in [2.05, 4.69) is 13.8 Å². The average Bonchev–Trinajstić information content (AvgIpc) is 2.95. The number of hydrogen-bond donors (Lipinski definition) is 1. The van der Waals surface area contributed by atoms with Gasteiger partial charge in [-0.3, -0.25) is 4.79 Å². The smallest absolute Gasteiger partial charge is 0.256 e. The monoisotopic (exact) mass is 292 g/mol. The maximum atomic E-state index is 12.8. The van der Waals surface area contributed by atoms with Gasteiger partial charge < -0.3 is 20.1 Å². The second kappa shape index (κ2) is 6.24. The standard InChI is InChI=1S/C16H24N2O3/c1-10(2)13-6-5-7-18(13)16(19)11-8-14(20-3)15(21-4)9-12(11)17/h8-10,13H,5-7,17H2,1-4H3. The van der Waals surface area contributed by atoms with Crippen molar-refractivity contribution in [2.75, 3.05) is 26.5 Å². The molecular formula is C16H24N2O3. The number of hydrogen-bond acceptors (Lipinski definition) is 4. The second-order valence-corrected chi connectivity index (χ2v) is 5.75. The Hall–Kier alpha value is -1.91. The van der Waals surface area contributed by atoms with Crippen molar-refractivity contribution in [3.05, 3.63) is 17.7 Å². The number of carbonyl (C=O) groups excluding carboxylic acids is 1. The van der Waals surface area contributed by atoms with Crippen molar-refractivity contribution in [2.24, 2.45) is 5.92 Å². The van der Waals surface area contributed by atoms with E-state index in [4.69, 9.17) is 15.2 Å². The number of amides is 1. The number of nitrogens with zero attached hydrogens (tertiary/aromatic N) is 1. The highest BCUT2D eigenvalue weighted by atomic mass is 16.5. The van der Waals surface area contributed by atoms with Gasteiger partial charge in [0.25, 0.3) is 5.91 Å². The molecule has 0 saturated carbocycles. The lowest BCUT2D eigenvalue weighted by Crippen LogP contribution is -2.38. The Morgan fingerprint density at radius 1 is 1.29 bits per heavy atom. The largest absolute Gasteiger partial charge is 0.493 e. The number of benzene rings is 1. The van der Waals surface area contributed by atoms with Crippen molar-refractivity contribution < 1.29 is 14.3 Å². The third-order valence-electron chi connectivity index (χ3n) is 4.12. The Labute approximate surface area is 126 Å². The summed E-state index contributed by atoms with van der Waals surface area (Å²) < 4.78 is 10.5. The van der Waals surface area contributed by atoms with Gasteiger partial charge in [-0.1, -0.05) is 13.8 Å². The van der Waals surface area contributed by atoms with Gasteiger partial charge in [0.05, 0.1) is 19.8 Å². The average molecular weight is 292 g/mol. The zero-order valence-corrected chi connectivity index (χ0v) is 13.2. The van der Waals surface area contributed by atoms with Crippen molar-refractivity contribution in [2.45, 2.75) is 32.7 Å². The van der Waals surface area contributed by atoms with Crippen molar-refractivity contribution in [1.82, 2.24) is 4.90 Å². The maximum absolute atomic E-state index is 12.8. The topological polar surface area (TPSA) is 64.8 Å². The van der Waals surface area contributed by atoms with E-state index in [1.807, 2.05) is 4.90 Å². The van der Waals surface area contributed by atoms with Crippen molar-refractivity contribution in [3.63, 3.8) is 0 Å². The SMILES string of the molecule is COc1cc(N)c(C(=O)N2CCCC2C(C)C)cc1OC. The molecular weight excluding hydrogens is 268 g/mol. The van der Waals surface area contributed by atoms with Crippen LogP contribution in [0.4, 0.5) is 5.69 Å². The number of likely N-dealkylation sites (tertiary alicyclic amines) is 1. The molecule has 0 aromatic heterocycles. The van der Waals surface area contributed by atoms with Crippen LogP contribution in [-0.2, 0) is 0 Å². The minimum Gasteiger partial charge on any atom is -0.493 e. The normalized spacial score (nSPS) is 18.1. The van der Waals surface area contributed by atoms with Crippen molar-refractivity contribution in [1.29, 1.82) is 0 Å². The molecule has 1 aromatic rings. The predicted octanol–water partition coefficient (Wildman–Crippen LogP) is 2.55. The van der Waals surface area contributed by atoms with Gasteiger partial charge in [-0.25, -0.2) is 0 Å². The molecule has 1 aromatic carbocycles. The molecule has 2 rings (SSSR count). The number of carbonyl (C=O) groups is 1. The molecule has 2 N–H and O–H groups in total. The number of ether oxygens (including phenoxy) is 2. The van der Waals surface area contributed by atoms with Crippen molar-refractivity contribution in [3.8, 4) is 11.5 Å².